The Hall–Kier alpha value is -0.820. The van der Waals surface area contributed by atoms with Gasteiger partial charge in [-0.15, -0.1) is 0 Å². The van der Waals surface area contributed by atoms with Gasteiger partial charge in [-0.3, -0.25) is 10.2 Å². The molecule has 4 nitrogen and oxygen atoms in total. The van der Waals surface area contributed by atoms with Crippen LogP contribution in [0.25, 0.3) is 0 Å². The van der Waals surface area contributed by atoms with Gasteiger partial charge in [-0.2, -0.15) is 13.2 Å². The molecule has 1 fully saturated rings. The van der Waals surface area contributed by atoms with E-state index in [1.54, 1.807) is 5.01 Å². The number of carbonyl (C=O) groups excluding carboxylic acids is 1. The number of hydrazine groups is 1. The van der Waals surface area contributed by atoms with Gasteiger partial charge in [-0.05, 0) is 33.6 Å². The highest BCUT2D eigenvalue weighted by atomic mass is 19.4. The molecule has 1 amide bonds. The number of alkyl halides is 3. The van der Waals surface area contributed by atoms with E-state index in [1.807, 2.05) is 13.8 Å². The van der Waals surface area contributed by atoms with E-state index in [-0.39, 0.29) is 12.1 Å². The van der Waals surface area contributed by atoms with E-state index in [9.17, 15) is 18.0 Å². The fourth-order valence-electron chi connectivity index (χ4n) is 2.00. The van der Waals surface area contributed by atoms with Crippen LogP contribution in [0.1, 0.15) is 40.0 Å². The molecular formula is C11H20F3N3O. The Bertz CT molecular complexity index is 307. The van der Waals surface area contributed by atoms with Crippen molar-refractivity contribution >= 4 is 5.91 Å². The number of halogens is 3. The van der Waals surface area contributed by atoms with Crippen molar-refractivity contribution in [1.29, 1.82) is 0 Å². The fraction of sp³-hybridized carbons (Fsp3) is 0.909. The highest BCUT2D eigenvalue weighted by Gasteiger charge is 2.54. The van der Waals surface area contributed by atoms with Crippen LogP contribution in [0.3, 0.4) is 0 Å². The Labute approximate surface area is 105 Å². The lowest BCUT2D eigenvalue weighted by Crippen LogP contribution is -2.66. The molecule has 0 aromatic carbocycles. The molecule has 0 radical (unpaired) electrons. The topological polar surface area (TPSA) is 58.4 Å². The summed E-state index contributed by atoms with van der Waals surface area (Å²) >= 11 is 0. The van der Waals surface area contributed by atoms with Gasteiger partial charge < -0.3 is 5.73 Å². The van der Waals surface area contributed by atoms with Crippen molar-refractivity contribution in [3.8, 4) is 0 Å². The van der Waals surface area contributed by atoms with E-state index < -0.39 is 17.6 Å². The molecule has 0 spiro atoms. The third kappa shape index (κ3) is 2.95. The standard InChI is InChI=1S/C11H20F3N3O/c1-7-5-4-6-8(2)17(7)16-9(18)10(3,15)11(12,13)14/h7-8H,4-6,15H2,1-3H3,(H,16,18). The molecule has 0 aliphatic carbocycles. The second-order valence-electron chi connectivity index (χ2n) is 5.18. The number of rotatable bonds is 2. The minimum Gasteiger partial charge on any atom is -0.310 e. The minimum absolute atomic E-state index is 0.0155. The number of nitrogens with one attached hydrogen (secondary N) is 1. The third-order valence-corrected chi connectivity index (χ3v) is 3.48. The van der Waals surface area contributed by atoms with Crippen LogP contribution < -0.4 is 11.2 Å². The number of amides is 1. The van der Waals surface area contributed by atoms with E-state index in [4.69, 9.17) is 5.73 Å². The average molecular weight is 267 g/mol. The second-order valence-corrected chi connectivity index (χ2v) is 5.18. The Kier molecular flexibility index (Phi) is 4.27. The lowest BCUT2D eigenvalue weighted by molar-refractivity contribution is -0.191. The van der Waals surface area contributed by atoms with E-state index in [0.717, 1.165) is 19.3 Å². The number of hydrogen-bond donors (Lipinski definition) is 2. The number of piperidine rings is 1. The normalized spacial score (nSPS) is 29.7. The molecule has 106 valence electrons. The van der Waals surface area contributed by atoms with Gasteiger partial charge in [0.2, 0.25) is 0 Å². The Morgan fingerprint density at radius 1 is 1.28 bits per heavy atom. The van der Waals surface area contributed by atoms with Crippen molar-refractivity contribution in [1.82, 2.24) is 10.4 Å². The molecule has 18 heavy (non-hydrogen) atoms. The number of hydrogen-bond acceptors (Lipinski definition) is 3. The van der Waals surface area contributed by atoms with E-state index >= 15 is 0 Å². The summed E-state index contributed by atoms with van der Waals surface area (Å²) in [5.41, 5.74) is 4.53. The summed E-state index contributed by atoms with van der Waals surface area (Å²) in [6, 6.07) is 0.0310. The maximum atomic E-state index is 12.6. The lowest BCUT2D eigenvalue weighted by Gasteiger charge is -2.40. The Balaban J connectivity index is 2.75. The van der Waals surface area contributed by atoms with Gasteiger partial charge in [0.1, 0.15) is 0 Å². The largest absolute Gasteiger partial charge is 0.415 e. The molecule has 1 aliphatic heterocycles. The average Bonchev–Trinajstić information content (AvgIpc) is 2.21. The van der Waals surface area contributed by atoms with Crippen molar-refractivity contribution in [3.05, 3.63) is 0 Å². The number of nitrogens with two attached hydrogens (primary N) is 1. The van der Waals surface area contributed by atoms with Crippen molar-refractivity contribution in [3.63, 3.8) is 0 Å². The van der Waals surface area contributed by atoms with Gasteiger partial charge >= 0.3 is 6.18 Å². The third-order valence-electron chi connectivity index (χ3n) is 3.48. The molecule has 0 aromatic rings. The monoisotopic (exact) mass is 267 g/mol. The number of nitrogens with zero attached hydrogens (tertiary/aromatic N) is 1. The van der Waals surface area contributed by atoms with Gasteiger partial charge in [0, 0.05) is 12.1 Å². The molecular weight excluding hydrogens is 247 g/mol. The molecule has 1 aliphatic rings. The minimum atomic E-state index is -4.76. The first-order valence-corrected chi connectivity index (χ1v) is 6.02. The summed E-state index contributed by atoms with van der Waals surface area (Å²) in [6.45, 7) is 4.43. The zero-order chi connectivity index (χ0) is 14.1. The molecule has 0 aromatic heterocycles. The molecule has 1 saturated heterocycles. The van der Waals surface area contributed by atoms with Crippen LogP contribution in [-0.2, 0) is 4.79 Å². The summed E-state index contributed by atoms with van der Waals surface area (Å²) in [6.07, 6.45) is -2.07. The predicted octanol–water partition coefficient (Wildman–Crippen LogP) is 1.56. The first-order valence-electron chi connectivity index (χ1n) is 6.02. The SMILES string of the molecule is CC1CCCC(C)N1NC(=O)C(C)(N)C(F)(F)F. The van der Waals surface area contributed by atoms with Crippen LogP contribution in [0, 0.1) is 0 Å². The molecule has 3 unspecified atom stereocenters. The maximum absolute atomic E-state index is 12.6. The van der Waals surface area contributed by atoms with Gasteiger partial charge in [-0.1, -0.05) is 6.42 Å². The summed E-state index contributed by atoms with van der Waals surface area (Å²) in [4.78, 5) is 11.7. The Morgan fingerprint density at radius 3 is 2.11 bits per heavy atom. The fourth-order valence-corrected chi connectivity index (χ4v) is 2.00. The van der Waals surface area contributed by atoms with Crippen LogP contribution in [0.5, 0.6) is 0 Å². The molecule has 1 rings (SSSR count). The van der Waals surface area contributed by atoms with Crippen molar-refractivity contribution in [2.24, 2.45) is 5.73 Å². The van der Waals surface area contributed by atoms with Crippen LogP contribution >= 0.6 is 0 Å². The van der Waals surface area contributed by atoms with Crippen LogP contribution in [0.15, 0.2) is 0 Å². The van der Waals surface area contributed by atoms with Crippen LogP contribution in [0.4, 0.5) is 13.2 Å². The highest BCUT2D eigenvalue weighted by molar-refractivity contribution is 5.86. The number of carbonyl (C=O) groups is 1. The lowest BCUT2D eigenvalue weighted by atomic mass is 9.99. The van der Waals surface area contributed by atoms with E-state index in [1.165, 1.54) is 0 Å². The zero-order valence-electron chi connectivity index (χ0n) is 10.8. The molecule has 0 bridgehead atoms. The quantitative estimate of drug-likeness (QED) is 0.798. The van der Waals surface area contributed by atoms with Crippen LogP contribution in [0.2, 0.25) is 0 Å². The smallest absolute Gasteiger partial charge is 0.310 e. The molecule has 1 heterocycles. The molecule has 3 atom stereocenters. The van der Waals surface area contributed by atoms with Gasteiger partial charge in [0.25, 0.3) is 5.91 Å². The van der Waals surface area contributed by atoms with Gasteiger partial charge in [-0.25, -0.2) is 5.01 Å². The highest BCUT2D eigenvalue weighted by Crippen LogP contribution is 2.29. The van der Waals surface area contributed by atoms with Gasteiger partial charge in [0.05, 0.1) is 0 Å². The van der Waals surface area contributed by atoms with E-state index in [2.05, 4.69) is 5.43 Å². The molecule has 0 saturated carbocycles. The first-order chi connectivity index (χ1) is 8.07. The summed E-state index contributed by atoms with van der Waals surface area (Å²) in [5, 5.41) is 1.57. The predicted molar refractivity (Wildman–Crippen MR) is 61.4 cm³/mol. The van der Waals surface area contributed by atoms with Crippen LogP contribution in [-0.4, -0.2) is 34.7 Å². The molecule has 3 N–H and O–H groups in total. The van der Waals surface area contributed by atoms with E-state index in [0.29, 0.717) is 6.92 Å². The zero-order valence-corrected chi connectivity index (χ0v) is 10.8. The van der Waals surface area contributed by atoms with Crippen molar-refractivity contribution in [2.45, 2.75) is 63.8 Å². The second kappa shape index (κ2) is 5.05. The van der Waals surface area contributed by atoms with Crippen molar-refractivity contribution < 1.29 is 18.0 Å². The maximum Gasteiger partial charge on any atom is 0.415 e. The summed E-state index contributed by atoms with van der Waals surface area (Å²) in [5.74, 6) is -1.21. The Morgan fingerprint density at radius 2 is 1.72 bits per heavy atom. The van der Waals surface area contributed by atoms with Crippen molar-refractivity contribution in [2.75, 3.05) is 0 Å². The molecule has 7 heteroatoms. The summed E-state index contributed by atoms with van der Waals surface area (Å²) in [7, 11) is 0. The van der Waals surface area contributed by atoms with Gasteiger partial charge in [0.15, 0.2) is 5.54 Å². The summed E-state index contributed by atoms with van der Waals surface area (Å²) < 4.78 is 37.9. The first kappa shape index (κ1) is 15.2.